The van der Waals surface area contributed by atoms with Gasteiger partial charge in [-0.15, -0.1) is 0 Å². The van der Waals surface area contributed by atoms with Crippen LogP contribution in [-0.2, 0) is 0 Å². The zero-order valence-corrected chi connectivity index (χ0v) is 24.8. The first-order chi connectivity index (χ1) is 22.8. The molecule has 2 heteroatoms. The molecule has 10 aromatic rings. The normalized spacial score (nSPS) is 11.9. The number of hydrogen-bond donors (Lipinski definition) is 0. The van der Waals surface area contributed by atoms with Gasteiger partial charge in [-0.3, -0.25) is 0 Å². The van der Waals surface area contributed by atoms with Crippen LogP contribution in [0.2, 0.25) is 0 Å². The van der Waals surface area contributed by atoms with E-state index >= 15 is 0 Å². The lowest BCUT2D eigenvalue weighted by Crippen LogP contribution is -1.92. The summed E-state index contributed by atoms with van der Waals surface area (Å²) in [6, 6.07) is 56.2. The molecule has 2 aromatic heterocycles. The molecule has 0 aliphatic rings. The van der Waals surface area contributed by atoms with E-state index < -0.39 is 0 Å². The lowest BCUT2D eigenvalue weighted by atomic mass is 9.84. The summed E-state index contributed by atoms with van der Waals surface area (Å²) < 4.78 is 12.8. The van der Waals surface area contributed by atoms with Gasteiger partial charge in [0.15, 0.2) is 0 Å². The number of fused-ring (bicyclic) bond motifs is 8. The standard InChI is InChI=1S/C44H26O2/c1-2-12-27(13-3-1)29-14-4-5-16-32(29)44-35-19-8-6-17-33(35)43(34-18-7-9-20-36(34)44)28-22-23-31-38-26-41-37(25-42(38)46-40(31)24-28)30-15-10-11-21-39(30)45-41/h1-26H. The smallest absolute Gasteiger partial charge is 0.136 e. The van der Waals surface area contributed by atoms with E-state index in [1.54, 1.807) is 0 Å². The number of para-hydroxylation sites is 1. The molecular weight excluding hydrogens is 560 g/mol. The number of rotatable bonds is 3. The highest BCUT2D eigenvalue weighted by molar-refractivity contribution is 6.23. The van der Waals surface area contributed by atoms with Gasteiger partial charge in [-0.2, -0.15) is 0 Å². The predicted molar refractivity (Wildman–Crippen MR) is 192 cm³/mol. The zero-order valence-electron chi connectivity index (χ0n) is 24.8. The Labute approximate surface area is 264 Å². The third kappa shape index (κ3) is 3.65. The average molecular weight is 587 g/mol. The molecule has 0 bridgehead atoms. The SMILES string of the molecule is c1ccc(-c2ccccc2-c2c3ccccc3c(-c3ccc4c(c3)oc3cc5c(cc34)oc3ccccc35)c3ccccc23)cc1. The van der Waals surface area contributed by atoms with Crippen LogP contribution in [0.3, 0.4) is 0 Å². The minimum absolute atomic E-state index is 0.869. The lowest BCUT2D eigenvalue weighted by molar-refractivity contribution is 0.664. The maximum atomic E-state index is 6.58. The highest BCUT2D eigenvalue weighted by Gasteiger charge is 2.20. The summed E-state index contributed by atoms with van der Waals surface area (Å²) in [5.74, 6) is 0. The van der Waals surface area contributed by atoms with Crippen molar-refractivity contribution >= 4 is 65.4 Å². The van der Waals surface area contributed by atoms with E-state index in [0.717, 1.165) is 49.4 Å². The maximum absolute atomic E-state index is 6.58. The summed E-state index contributed by atoms with van der Waals surface area (Å²) in [4.78, 5) is 0. The minimum Gasteiger partial charge on any atom is -0.456 e. The van der Waals surface area contributed by atoms with Crippen molar-refractivity contribution in [2.45, 2.75) is 0 Å². The van der Waals surface area contributed by atoms with E-state index in [2.05, 4.69) is 140 Å². The maximum Gasteiger partial charge on any atom is 0.136 e. The second-order valence-corrected chi connectivity index (χ2v) is 12.0. The van der Waals surface area contributed by atoms with Gasteiger partial charge in [-0.1, -0.05) is 127 Å². The van der Waals surface area contributed by atoms with Crippen molar-refractivity contribution in [1.82, 2.24) is 0 Å². The molecule has 0 aliphatic carbocycles. The van der Waals surface area contributed by atoms with Gasteiger partial charge in [0.1, 0.15) is 22.3 Å². The van der Waals surface area contributed by atoms with Crippen LogP contribution in [0.1, 0.15) is 0 Å². The molecule has 8 aromatic carbocycles. The Hall–Kier alpha value is -6.12. The highest BCUT2D eigenvalue weighted by atomic mass is 16.3. The van der Waals surface area contributed by atoms with Gasteiger partial charge in [-0.25, -0.2) is 0 Å². The summed E-state index contributed by atoms with van der Waals surface area (Å²) >= 11 is 0. The number of furan rings is 2. The Balaban J connectivity index is 1.24. The lowest BCUT2D eigenvalue weighted by Gasteiger charge is -2.19. The van der Waals surface area contributed by atoms with E-state index in [0.29, 0.717) is 0 Å². The van der Waals surface area contributed by atoms with Gasteiger partial charge < -0.3 is 8.83 Å². The summed E-state index contributed by atoms with van der Waals surface area (Å²) in [7, 11) is 0. The quantitative estimate of drug-likeness (QED) is 0.193. The van der Waals surface area contributed by atoms with Crippen LogP contribution in [0.5, 0.6) is 0 Å². The molecule has 214 valence electrons. The molecule has 0 spiro atoms. The minimum atomic E-state index is 0.869. The van der Waals surface area contributed by atoms with Gasteiger partial charge in [0.05, 0.1) is 0 Å². The molecule has 0 radical (unpaired) electrons. The summed E-state index contributed by atoms with van der Waals surface area (Å²) in [6.07, 6.45) is 0. The molecule has 2 heterocycles. The van der Waals surface area contributed by atoms with Crippen LogP contribution >= 0.6 is 0 Å². The third-order valence-electron chi connectivity index (χ3n) is 9.47. The second kappa shape index (κ2) is 9.69. The predicted octanol–water partition coefficient (Wildman–Crippen LogP) is 12.8. The number of benzene rings is 8. The van der Waals surface area contributed by atoms with E-state index in [4.69, 9.17) is 8.83 Å². The van der Waals surface area contributed by atoms with Gasteiger partial charge in [0.2, 0.25) is 0 Å². The van der Waals surface area contributed by atoms with Crippen molar-refractivity contribution in [2.75, 3.05) is 0 Å². The van der Waals surface area contributed by atoms with Gasteiger partial charge >= 0.3 is 0 Å². The molecule has 2 nitrogen and oxygen atoms in total. The largest absolute Gasteiger partial charge is 0.456 e. The molecule has 0 atom stereocenters. The van der Waals surface area contributed by atoms with Crippen LogP contribution in [0.25, 0.3) is 98.8 Å². The highest BCUT2D eigenvalue weighted by Crippen LogP contribution is 2.47. The van der Waals surface area contributed by atoms with Crippen LogP contribution in [0.4, 0.5) is 0 Å². The first-order valence-electron chi connectivity index (χ1n) is 15.7. The molecule has 0 fully saturated rings. The molecule has 0 amide bonds. The number of hydrogen-bond acceptors (Lipinski definition) is 2. The Morgan fingerprint density at radius 2 is 0.739 bits per heavy atom. The summed E-state index contributed by atoms with van der Waals surface area (Å²) in [6.45, 7) is 0. The summed E-state index contributed by atoms with van der Waals surface area (Å²) in [5.41, 5.74) is 10.8. The first kappa shape index (κ1) is 25.2. The van der Waals surface area contributed by atoms with Crippen LogP contribution in [0.15, 0.2) is 167 Å². The van der Waals surface area contributed by atoms with Crippen molar-refractivity contribution in [3.63, 3.8) is 0 Å². The van der Waals surface area contributed by atoms with Crippen molar-refractivity contribution in [3.05, 3.63) is 158 Å². The Morgan fingerprint density at radius 1 is 0.261 bits per heavy atom. The molecule has 10 rings (SSSR count). The summed E-state index contributed by atoms with van der Waals surface area (Å²) in [5, 5.41) is 9.24. The van der Waals surface area contributed by atoms with Crippen LogP contribution in [0, 0.1) is 0 Å². The van der Waals surface area contributed by atoms with Crippen LogP contribution in [-0.4, -0.2) is 0 Å². The fourth-order valence-corrected chi connectivity index (χ4v) is 7.45. The molecule has 0 unspecified atom stereocenters. The van der Waals surface area contributed by atoms with Gasteiger partial charge in [-0.05, 0) is 85.3 Å². The van der Waals surface area contributed by atoms with E-state index in [9.17, 15) is 0 Å². The topological polar surface area (TPSA) is 26.3 Å². The van der Waals surface area contributed by atoms with Gasteiger partial charge in [0.25, 0.3) is 0 Å². The second-order valence-electron chi connectivity index (χ2n) is 12.0. The van der Waals surface area contributed by atoms with Crippen molar-refractivity contribution in [2.24, 2.45) is 0 Å². The zero-order chi connectivity index (χ0) is 30.2. The van der Waals surface area contributed by atoms with Crippen molar-refractivity contribution < 1.29 is 8.83 Å². The Morgan fingerprint density at radius 3 is 1.41 bits per heavy atom. The van der Waals surface area contributed by atoms with Crippen LogP contribution < -0.4 is 0 Å². The molecule has 0 N–H and O–H groups in total. The Kier molecular flexibility index (Phi) is 5.31. The fourth-order valence-electron chi connectivity index (χ4n) is 7.45. The van der Waals surface area contributed by atoms with Crippen molar-refractivity contribution in [3.8, 4) is 33.4 Å². The van der Waals surface area contributed by atoms with Gasteiger partial charge in [0, 0.05) is 21.5 Å². The Bertz CT molecular complexity index is 2740. The van der Waals surface area contributed by atoms with Crippen molar-refractivity contribution in [1.29, 1.82) is 0 Å². The molecule has 0 saturated heterocycles. The molecule has 46 heavy (non-hydrogen) atoms. The molecule has 0 aliphatic heterocycles. The van der Waals surface area contributed by atoms with E-state index in [1.165, 1.54) is 49.4 Å². The molecule has 0 saturated carbocycles. The first-order valence-corrected chi connectivity index (χ1v) is 15.7. The van der Waals surface area contributed by atoms with E-state index in [-0.39, 0.29) is 0 Å². The molecular formula is C44H26O2. The monoisotopic (exact) mass is 586 g/mol. The van der Waals surface area contributed by atoms with E-state index in [1.807, 2.05) is 18.2 Å². The average Bonchev–Trinajstić information content (AvgIpc) is 3.66. The third-order valence-corrected chi connectivity index (χ3v) is 9.47. The fraction of sp³-hybridized carbons (Fsp3) is 0.